The van der Waals surface area contributed by atoms with Crippen molar-refractivity contribution < 1.29 is 9.21 Å². The van der Waals surface area contributed by atoms with Crippen LogP contribution in [0.5, 0.6) is 0 Å². The highest BCUT2D eigenvalue weighted by Crippen LogP contribution is 2.27. The number of hydrogen-bond donors (Lipinski definition) is 1. The summed E-state index contributed by atoms with van der Waals surface area (Å²) in [5, 5.41) is 11.1. The number of aromatic nitrogens is 3. The van der Waals surface area contributed by atoms with Gasteiger partial charge in [-0.3, -0.25) is 9.78 Å². The lowest BCUT2D eigenvalue weighted by Crippen LogP contribution is -2.22. The predicted molar refractivity (Wildman–Crippen MR) is 92.9 cm³/mol. The molecule has 1 amide bonds. The van der Waals surface area contributed by atoms with Crippen LogP contribution in [0, 0.1) is 0 Å². The van der Waals surface area contributed by atoms with Crippen LogP contribution in [-0.2, 0) is 4.79 Å². The maximum Gasteiger partial charge on any atom is 0.277 e. The summed E-state index contributed by atoms with van der Waals surface area (Å²) in [7, 11) is 0. The van der Waals surface area contributed by atoms with E-state index in [-0.39, 0.29) is 5.91 Å². The Hall–Kier alpha value is -2.38. The van der Waals surface area contributed by atoms with E-state index in [2.05, 4.69) is 20.5 Å². The van der Waals surface area contributed by atoms with E-state index in [1.807, 2.05) is 6.07 Å². The van der Waals surface area contributed by atoms with E-state index in [0.717, 1.165) is 5.56 Å². The Labute approximate surface area is 147 Å². The summed E-state index contributed by atoms with van der Waals surface area (Å²) in [6.45, 7) is 1.75. The van der Waals surface area contributed by atoms with E-state index in [1.165, 1.54) is 11.8 Å². The Kier molecular flexibility index (Phi) is 5.12. The number of para-hydroxylation sites is 1. The van der Waals surface area contributed by atoms with Gasteiger partial charge in [-0.2, -0.15) is 0 Å². The van der Waals surface area contributed by atoms with Gasteiger partial charge in [0.2, 0.25) is 11.8 Å². The zero-order chi connectivity index (χ0) is 16.9. The van der Waals surface area contributed by atoms with Crippen LogP contribution < -0.4 is 5.32 Å². The fourth-order valence-corrected chi connectivity index (χ4v) is 2.73. The number of hydrogen-bond acceptors (Lipinski definition) is 6. The summed E-state index contributed by atoms with van der Waals surface area (Å²) in [6.07, 6.45) is 3.30. The number of amides is 1. The summed E-state index contributed by atoms with van der Waals surface area (Å²) in [5.41, 5.74) is 1.29. The van der Waals surface area contributed by atoms with Gasteiger partial charge in [0.25, 0.3) is 5.22 Å². The standard InChI is InChI=1S/C16H13ClN4O2S/c1-10(14(22)19-13-7-3-2-6-12(13)17)24-16-21-20-15(23-16)11-5-4-8-18-9-11/h2-10H,1H3,(H,19,22)/t10-/m1/s1. The first kappa shape index (κ1) is 16.5. The molecule has 3 aromatic rings. The smallest absolute Gasteiger partial charge is 0.277 e. The molecule has 6 nitrogen and oxygen atoms in total. The third-order valence-electron chi connectivity index (χ3n) is 3.09. The number of benzene rings is 1. The Morgan fingerprint density at radius 3 is 2.83 bits per heavy atom. The molecular weight excluding hydrogens is 348 g/mol. The van der Waals surface area contributed by atoms with Gasteiger partial charge in [0.1, 0.15) is 0 Å². The molecule has 3 rings (SSSR count). The van der Waals surface area contributed by atoms with E-state index in [9.17, 15) is 4.79 Å². The van der Waals surface area contributed by atoms with Crippen LogP contribution in [0.15, 0.2) is 58.4 Å². The van der Waals surface area contributed by atoms with Crippen LogP contribution in [0.25, 0.3) is 11.5 Å². The fraction of sp³-hybridized carbons (Fsp3) is 0.125. The summed E-state index contributed by atoms with van der Waals surface area (Å²) in [5.74, 6) is 0.165. The van der Waals surface area contributed by atoms with Gasteiger partial charge in [0.15, 0.2) is 0 Å². The molecule has 0 aliphatic rings. The van der Waals surface area contributed by atoms with Gasteiger partial charge in [0, 0.05) is 12.4 Å². The monoisotopic (exact) mass is 360 g/mol. The number of carbonyl (C=O) groups excluding carboxylic acids is 1. The number of anilines is 1. The Morgan fingerprint density at radius 1 is 1.25 bits per heavy atom. The Bertz CT molecular complexity index is 841. The van der Waals surface area contributed by atoms with E-state index in [4.69, 9.17) is 16.0 Å². The molecule has 0 saturated carbocycles. The molecule has 0 spiro atoms. The first-order valence-electron chi connectivity index (χ1n) is 7.09. The molecule has 0 aliphatic heterocycles. The number of pyridine rings is 1. The maximum atomic E-state index is 12.3. The van der Waals surface area contributed by atoms with Gasteiger partial charge in [-0.15, -0.1) is 10.2 Å². The van der Waals surface area contributed by atoms with Crippen molar-refractivity contribution >= 4 is 35.0 Å². The molecule has 0 aliphatic carbocycles. The highest BCUT2D eigenvalue weighted by molar-refractivity contribution is 8.00. The van der Waals surface area contributed by atoms with E-state index < -0.39 is 5.25 Å². The second-order valence-corrected chi connectivity index (χ2v) is 6.54. The van der Waals surface area contributed by atoms with Crippen LogP contribution >= 0.6 is 23.4 Å². The molecule has 8 heteroatoms. The molecular formula is C16H13ClN4O2S. The molecule has 1 N–H and O–H groups in total. The minimum Gasteiger partial charge on any atom is -0.411 e. The third-order valence-corrected chi connectivity index (χ3v) is 4.36. The van der Waals surface area contributed by atoms with Gasteiger partial charge >= 0.3 is 0 Å². The molecule has 1 aromatic carbocycles. The molecule has 0 radical (unpaired) electrons. The van der Waals surface area contributed by atoms with Gasteiger partial charge < -0.3 is 9.73 Å². The third kappa shape index (κ3) is 3.93. The van der Waals surface area contributed by atoms with Crippen molar-refractivity contribution in [2.45, 2.75) is 17.4 Å². The van der Waals surface area contributed by atoms with Crippen molar-refractivity contribution in [3.8, 4) is 11.5 Å². The molecule has 1 atom stereocenters. The van der Waals surface area contributed by atoms with Crippen molar-refractivity contribution in [2.75, 3.05) is 5.32 Å². The Morgan fingerprint density at radius 2 is 2.08 bits per heavy atom. The first-order chi connectivity index (χ1) is 11.6. The van der Waals surface area contributed by atoms with Crippen molar-refractivity contribution in [3.05, 3.63) is 53.8 Å². The van der Waals surface area contributed by atoms with Gasteiger partial charge in [-0.1, -0.05) is 35.5 Å². The Balaban J connectivity index is 1.65. The maximum absolute atomic E-state index is 12.3. The number of rotatable bonds is 5. The highest BCUT2D eigenvalue weighted by Gasteiger charge is 2.19. The lowest BCUT2D eigenvalue weighted by molar-refractivity contribution is -0.115. The minimum atomic E-state index is -0.427. The van der Waals surface area contributed by atoms with E-state index in [0.29, 0.717) is 21.8 Å². The average Bonchev–Trinajstić information content (AvgIpc) is 3.06. The summed E-state index contributed by atoms with van der Waals surface area (Å²) in [4.78, 5) is 16.3. The lowest BCUT2D eigenvalue weighted by Gasteiger charge is -2.10. The van der Waals surface area contributed by atoms with Crippen molar-refractivity contribution in [2.24, 2.45) is 0 Å². The molecule has 0 saturated heterocycles. The van der Waals surface area contributed by atoms with Crippen molar-refractivity contribution in [1.82, 2.24) is 15.2 Å². The molecule has 24 heavy (non-hydrogen) atoms. The summed E-state index contributed by atoms with van der Waals surface area (Å²) >= 11 is 7.21. The molecule has 122 valence electrons. The van der Waals surface area contributed by atoms with Crippen molar-refractivity contribution in [1.29, 1.82) is 0 Å². The van der Waals surface area contributed by atoms with Gasteiger partial charge in [-0.25, -0.2) is 0 Å². The largest absolute Gasteiger partial charge is 0.411 e. The second kappa shape index (κ2) is 7.46. The zero-order valence-corrected chi connectivity index (χ0v) is 14.2. The van der Waals surface area contributed by atoms with Crippen LogP contribution in [-0.4, -0.2) is 26.3 Å². The normalized spacial score (nSPS) is 11.9. The SMILES string of the molecule is C[C@@H](Sc1nnc(-c2cccnc2)o1)C(=O)Nc1ccccc1Cl. The van der Waals surface area contributed by atoms with E-state index in [1.54, 1.807) is 49.6 Å². The van der Waals surface area contributed by atoms with Crippen LogP contribution in [0.1, 0.15) is 6.92 Å². The molecule has 2 heterocycles. The number of halogens is 1. The first-order valence-corrected chi connectivity index (χ1v) is 8.35. The molecule has 0 unspecified atom stereocenters. The average molecular weight is 361 g/mol. The predicted octanol–water partition coefficient (Wildman–Crippen LogP) is 3.90. The summed E-state index contributed by atoms with van der Waals surface area (Å²) < 4.78 is 5.56. The zero-order valence-electron chi connectivity index (χ0n) is 12.6. The van der Waals surface area contributed by atoms with Crippen molar-refractivity contribution in [3.63, 3.8) is 0 Å². The molecule has 0 fully saturated rings. The van der Waals surface area contributed by atoms with Gasteiger partial charge in [0.05, 0.1) is 21.5 Å². The number of nitrogens with one attached hydrogen (secondary N) is 1. The van der Waals surface area contributed by atoms with Crippen LogP contribution in [0.4, 0.5) is 5.69 Å². The molecule has 0 bridgehead atoms. The molecule has 2 aromatic heterocycles. The van der Waals surface area contributed by atoms with E-state index >= 15 is 0 Å². The number of thioether (sulfide) groups is 1. The van der Waals surface area contributed by atoms with Crippen LogP contribution in [0.3, 0.4) is 0 Å². The minimum absolute atomic E-state index is 0.200. The number of nitrogens with zero attached hydrogens (tertiary/aromatic N) is 3. The van der Waals surface area contributed by atoms with Gasteiger partial charge in [-0.05, 0) is 31.2 Å². The van der Waals surface area contributed by atoms with Crippen LogP contribution in [0.2, 0.25) is 5.02 Å². The second-order valence-electron chi connectivity index (χ2n) is 4.84. The summed E-state index contributed by atoms with van der Waals surface area (Å²) in [6, 6.07) is 10.7. The quantitative estimate of drug-likeness (QED) is 0.695. The topological polar surface area (TPSA) is 80.9 Å². The highest BCUT2D eigenvalue weighted by atomic mass is 35.5. The fourth-order valence-electron chi connectivity index (χ4n) is 1.87. The number of carbonyl (C=O) groups is 1. The lowest BCUT2D eigenvalue weighted by atomic mass is 10.3.